The Kier molecular flexibility index (Phi) is 6.01. The molecule has 224 valence electrons. The van der Waals surface area contributed by atoms with Crippen LogP contribution in [0.15, 0.2) is 157 Å². The number of benzene rings is 6. The molecule has 6 aromatic carbocycles. The van der Waals surface area contributed by atoms with Crippen LogP contribution in [-0.4, -0.2) is 19.4 Å². The van der Waals surface area contributed by atoms with Crippen LogP contribution in [0.1, 0.15) is 0 Å². The van der Waals surface area contributed by atoms with E-state index in [4.69, 9.17) is 15.0 Å². The first-order chi connectivity index (χ1) is 23.8. The summed E-state index contributed by atoms with van der Waals surface area (Å²) >= 11 is 1.80. The topological polar surface area (TPSA) is 43.1 Å². The van der Waals surface area contributed by atoms with Crippen molar-refractivity contribution in [3.05, 3.63) is 157 Å². The Balaban J connectivity index is 1.12. The number of hydrogen-bond donors (Lipinski definition) is 0. The number of hydrogen-bond acceptors (Lipinski definition) is 4. The predicted molar refractivity (Wildman–Crippen MR) is 200 cm³/mol. The summed E-state index contributed by atoms with van der Waals surface area (Å²) in [6.45, 7) is 0. The summed E-state index contributed by atoms with van der Waals surface area (Å²) in [6, 6.07) is 53.3. The molecule has 0 radical (unpaired) electrons. The molecule has 0 bridgehead atoms. The predicted octanol–water partition coefficient (Wildman–Crippen LogP) is 11.4. The highest BCUT2D eigenvalue weighted by molar-refractivity contribution is 7.17. The Morgan fingerprint density at radius 3 is 1.67 bits per heavy atom. The first-order valence-electron chi connectivity index (χ1n) is 16.0. The summed E-state index contributed by atoms with van der Waals surface area (Å²) in [6.07, 6.45) is 0. The number of fused-ring (bicyclic) bond motifs is 6. The second kappa shape index (κ2) is 10.7. The van der Waals surface area contributed by atoms with Crippen molar-refractivity contribution >= 4 is 48.7 Å². The van der Waals surface area contributed by atoms with E-state index in [-0.39, 0.29) is 0 Å². The molecule has 0 saturated heterocycles. The Labute approximate surface area is 280 Å². The fraction of sp³-hybridized carbons (Fsp3) is 0. The molecule has 5 heteroatoms. The van der Waals surface area contributed by atoms with Crippen molar-refractivity contribution in [2.24, 2.45) is 0 Å². The van der Waals surface area contributed by atoms with Crippen LogP contribution in [0, 0.1) is 0 Å². The maximum atomic E-state index is 5.06. The number of rotatable bonds is 5. The molecule has 0 unspecified atom stereocenters. The normalized spacial score (nSPS) is 11.8. The second-order valence-corrected chi connectivity index (χ2v) is 13.0. The van der Waals surface area contributed by atoms with Crippen molar-refractivity contribution < 1.29 is 0 Å². The second-order valence-electron chi connectivity index (χ2n) is 12.1. The van der Waals surface area contributed by atoms with Crippen LogP contribution in [0.25, 0.3) is 93.8 Å². The van der Waals surface area contributed by atoms with Crippen molar-refractivity contribution in [2.45, 2.75) is 0 Å². The van der Waals surface area contributed by atoms with E-state index >= 15 is 0 Å². The molecule has 4 aromatic heterocycles. The number of para-hydroxylation sites is 1. The zero-order chi connectivity index (χ0) is 31.6. The minimum absolute atomic E-state index is 0.648. The van der Waals surface area contributed by atoms with Crippen LogP contribution in [0.3, 0.4) is 0 Å². The van der Waals surface area contributed by atoms with E-state index in [1.54, 1.807) is 11.3 Å². The summed E-state index contributed by atoms with van der Waals surface area (Å²) in [5.74, 6) is 1.95. The Morgan fingerprint density at radius 1 is 0.375 bits per heavy atom. The average Bonchev–Trinajstić information content (AvgIpc) is 3.86. The van der Waals surface area contributed by atoms with E-state index in [1.807, 2.05) is 36.4 Å². The molecule has 0 spiro atoms. The molecule has 4 nitrogen and oxygen atoms in total. The maximum Gasteiger partial charge on any atom is 0.164 e. The SMILES string of the molecule is c1ccc(-c2ccc(-c3nc(-c4ccccc4)nc(-c4cccc(-c5cc6c7ccccc7n7c8sccc8c(c5)c67)c4)n3)cc2)cc1. The van der Waals surface area contributed by atoms with Gasteiger partial charge in [-0.25, -0.2) is 15.0 Å². The third-order valence-corrected chi connectivity index (χ3v) is 10.2. The van der Waals surface area contributed by atoms with Crippen LogP contribution in [0.5, 0.6) is 0 Å². The Bertz CT molecular complexity index is 2760. The lowest BCUT2D eigenvalue weighted by Gasteiger charge is -2.10. The van der Waals surface area contributed by atoms with Gasteiger partial charge in [0.1, 0.15) is 4.83 Å². The van der Waals surface area contributed by atoms with E-state index in [9.17, 15) is 0 Å². The van der Waals surface area contributed by atoms with Gasteiger partial charge in [0, 0.05) is 38.2 Å². The van der Waals surface area contributed by atoms with Gasteiger partial charge in [-0.05, 0) is 58.0 Å². The fourth-order valence-corrected chi connectivity index (χ4v) is 7.92. The third-order valence-electron chi connectivity index (χ3n) is 9.28. The van der Waals surface area contributed by atoms with E-state index in [0.29, 0.717) is 17.5 Å². The molecule has 0 aliphatic rings. The smallest absolute Gasteiger partial charge is 0.164 e. The zero-order valence-electron chi connectivity index (χ0n) is 25.7. The molecule has 0 fully saturated rings. The van der Waals surface area contributed by atoms with Gasteiger partial charge in [-0.1, -0.05) is 121 Å². The molecular formula is C43H26N4S. The number of nitrogens with zero attached hydrogens (tertiary/aromatic N) is 4. The van der Waals surface area contributed by atoms with Crippen molar-refractivity contribution in [2.75, 3.05) is 0 Å². The van der Waals surface area contributed by atoms with Gasteiger partial charge < -0.3 is 0 Å². The van der Waals surface area contributed by atoms with Gasteiger partial charge in [0.15, 0.2) is 17.5 Å². The van der Waals surface area contributed by atoms with Crippen LogP contribution >= 0.6 is 11.3 Å². The molecule has 4 heterocycles. The molecule has 0 atom stereocenters. The average molecular weight is 631 g/mol. The molecule has 0 aliphatic heterocycles. The molecule has 0 saturated carbocycles. The fourth-order valence-electron chi connectivity index (χ4n) is 6.99. The summed E-state index contributed by atoms with van der Waals surface area (Å²) in [7, 11) is 0. The van der Waals surface area contributed by atoms with E-state index in [0.717, 1.165) is 27.8 Å². The molecule has 10 rings (SSSR count). The van der Waals surface area contributed by atoms with E-state index in [2.05, 4.69) is 125 Å². The van der Waals surface area contributed by atoms with Crippen LogP contribution in [0.4, 0.5) is 0 Å². The van der Waals surface area contributed by atoms with Crippen LogP contribution in [-0.2, 0) is 0 Å². The highest BCUT2D eigenvalue weighted by Crippen LogP contribution is 2.43. The monoisotopic (exact) mass is 630 g/mol. The van der Waals surface area contributed by atoms with Gasteiger partial charge in [-0.15, -0.1) is 11.3 Å². The van der Waals surface area contributed by atoms with Crippen molar-refractivity contribution in [1.29, 1.82) is 0 Å². The minimum Gasteiger partial charge on any atom is -0.300 e. The molecule has 0 N–H and O–H groups in total. The highest BCUT2D eigenvalue weighted by Gasteiger charge is 2.20. The molecule has 0 amide bonds. The Hall–Kier alpha value is -6.17. The van der Waals surface area contributed by atoms with Gasteiger partial charge in [0.2, 0.25) is 0 Å². The van der Waals surface area contributed by atoms with Gasteiger partial charge in [-0.2, -0.15) is 0 Å². The van der Waals surface area contributed by atoms with Crippen molar-refractivity contribution in [1.82, 2.24) is 19.4 Å². The lowest BCUT2D eigenvalue weighted by molar-refractivity contribution is 1.07. The van der Waals surface area contributed by atoms with E-state index < -0.39 is 0 Å². The van der Waals surface area contributed by atoms with Crippen LogP contribution in [0.2, 0.25) is 0 Å². The third kappa shape index (κ3) is 4.25. The molecule has 0 aliphatic carbocycles. The van der Waals surface area contributed by atoms with Gasteiger partial charge in [0.25, 0.3) is 0 Å². The van der Waals surface area contributed by atoms with Crippen molar-refractivity contribution in [3.63, 3.8) is 0 Å². The van der Waals surface area contributed by atoms with Gasteiger partial charge in [-0.3, -0.25) is 4.40 Å². The lowest BCUT2D eigenvalue weighted by Crippen LogP contribution is -2.00. The molecular weight excluding hydrogens is 605 g/mol. The summed E-state index contributed by atoms with van der Waals surface area (Å²) < 4.78 is 2.43. The first-order valence-corrected chi connectivity index (χ1v) is 16.9. The van der Waals surface area contributed by atoms with E-state index in [1.165, 1.54) is 48.5 Å². The summed E-state index contributed by atoms with van der Waals surface area (Å²) in [4.78, 5) is 16.3. The summed E-state index contributed by atoms with van der Waals surface area (Å²) in [5, 5.41) is 7.34. The van der Waals surface area contributed by atoms with Gasteiger partial charge >= 0.3 is 0 Å². The standard InChI is InChI=1S/C43H26N4S/c1-3-10-27(11-4-1)28-18-20-30(21-19-28)41-44-40(29-12-5-2-6-13-29)45-42(46-41)32-15-9-14-31(24-32)33-25-36-34-16-7-8-17-38(34)47-39(36)37(26-33)35-22-23-48-43(35)47/h1-26H. The zero-order valence-corrected chi connectivity index (χ0v) is 26.5. The largest absolute Gasteiger partial charge is 0.300 e. The highest BCUT2D eigenvalue weighted by atomic mass is 32.1. The quantitative estimate of drug-likeness (QED) is 0.190. The molecule has 48 heavy (non-hydrogen) atoms. The minimum atomic E-state index is 0.648. The van der Waals surface area contributed by atoms with Crippen molar-refractivity contribution in [3.8, 4) is 56.4 Å². The maximum absolute atomic E-state index is 5.06. The molecule has 10 aromatic rings. The number of aromatic nitrogens is 4. The summed E-state index contributed by atoms with van der Waals surface area (Å²) in [5.41, 5.74) is 10.0. The Morgan fingerprint density at radius 2 is 0.917 bits per heavy atom. The van der Waals surface area contributed by atoms with Gasteiger partial charge in [0.05, 0.1) is 11.0 Å². The lowest BCUT2D eigenvalue weighted by atomic mass is 9.98. The number of thiophene rings is 1. The van der Waals surface area contributed by atoms with Crippen LogP contribution < -0.4 is 0 Å². The first kappa shape index (κ1) is 27.0.